The lowest BCUT2D eigenvalue weighted by molar-refractivity contribution is -0.0948. The fraction of sp³-hybridized carbons (Fsp3) is 0.667. The molecule has 110 valence electrons. The summed E-state index contributed by atoms with van der Waals surface area (Å²) in [5.74, 6) is -0.522. The van der Waals surface area contributed by atoms with Crippen LogP contribution in [0.2, 0.25) is 0 Å². The number of nitrogens with zero attached hydrogens (tertiary/aromatic N) is 2. The van der Waals surface area contributed by atoms with Gasteiger partial charge >= 0.3 is 5.97 Å². The maximum absolute atomic E-state index is 11.1. The Bertz CT molecular complexity index is 490. The molecule has 1 fully saturated rings. The number of ether oxygens (including phenoxy) is 1. The van der Waals surface area contributed by atoms with E-state index in [1.807, 2.05) is 6.92 Å². The number of rotatable bonds is 4. The van der Waals surface area contributed by atoms with Crippen LogP contribution in [0.5, 0.6) is 0 Å². The number of hydrogen-bond donors (Lipinski definition) is 1. The second kappa shape index (κ2) is 5.48. The first kappa shape index (κ1) is 14.9. The lowest BCUT2D eigenvalue weighted by atomic mass is 9.70. The van der Waals surface area contributed by atoms with Gasteiger partial charge in [-0.15, -0.1) is 0 Å². The van der Waals surface area contributed by atoms with E-state index in [0.29, 0.717) is 17.8 Å². The van der Waals surface area contributed by atoms with Gasteiger partial charge in [-0.3, -0.25) is 0 Å². The molecule has 20 heavy (non-hydrogen) atoms. The highest BCUT2D eigenvalue weighted by molar-refractivity contribution is 5.85. The predicted octanol–water partition coefficient (Wildman–Crippen LogP) is 3.01. The molecule has 1 aliphatic carbocycles. The number of hydrogen-bond acceptors (Lipinski definition) is 4. The average molecular weight is 278 g/mol. The van der Waals surface area contributed by atoms with Gasteiger partial charge in [0, 0.05) is 12.8 Å². The fourth-order valence-corrected chi connectivity index (χ4v) is 2.74. The summed E-state index contributed by atoms with van der Waals surface area (Å²) in [6, 6.07) is 1.41. The van der Waals surface area contributed by atoms with Gasteiger partial charge in [-0.05, 0) is 44.1 Å². The summed E-state index contributed by atoms with van der Waals surface area (Å²) in [6.45, 7) is 7.01. The molecule has 0 bridgehead atoms. The molecule has 1 aromatic rings. The summed E-state index contributed by atoms with van der Waals surface area (Å²) >= 11 is 0. The first-order valence-electron chi connectivity index (χ1n) is 7.09. The highest BCUT2D eigenvalue weighted by Crippen LogP contribution is 2.46. The minimum absolute atomic E-state index is 0.0268. The zero-order valence-corrected chi connectivity index (χ0v) is 12.3. The molecule has 0 amide bonds. The third kappa shape index (κ3) is 2.98. The SMILES string of the molecule is CCOC1(c2nccc(C(=O)O)n2)CCC(C)(C)CC1. The molecule has 1 aromatic heterocycles. The molecular weight excluding hydrogens is 256 g/mol. The Morgan fingerprint density at radius 1 is 1.35 bits per heavy atom. The normalized spacial score (nSPS) is 20.6. The first-order valence-corrected chi connectivity index (χ1v) is 7.09. The van der Waals surface area contributed by atoms with Crippen LogP contribution in [0.25, 0.3) is 0 Å². The monoisotopic (exact) mass is 278 g/mol. The average Bonchev–Trinajstić information content (AvgIpc) is 2.42. The topological polar surface area (TPSA) is 72.3 Å². The number of carboxylic acids is 1. The van der Waals surface area contributed by atoms with E-state index < -0.39 is 11.6 Å². The Morgan fingerprint density at radius 3 is 2.55 bits per heavy atom. The summed E-state index contributed by atoms with van der Waals surface area (Å²) < 4.78 is 5.97. The molecule has 0 aromatic carbocycles. The molecule has 5 nitrogen and oxygen atoms in total. The number of aromatic carboxylic acids is 1. The fourth-order valence-electron chi connectivity index (χ4n) is 2.74. The van der Waals surface area contributed by atoms with E-state index >= 15 is 0 Å². The Kier molecular flexibility index (Phi) is 4.09. The van der Waals surface area contributed by atoms with Gasteiger partial charge < -0.3 is 9.84 Å². The molecule has 2 rings (SSSR count). The number of carbonyl (C=O) groups is 1. The van der Waals surface area contributed by atoms with E-state index in [-0.39, 0.29) is 5.69 Å². The van der Waals surface area contributed by atoms with Gasteiger partial charge in [-0.1, -0.05) is 13.8 Å². The van der Waals surface area contributed by atoms with Gasteiger partial charge in [0.25, 0.3) is 0 Å². The standard InChI is InChI=1S/C15H22N2O3/c1-4-20-15(8-6-14(2,3)7-9-15)13-16-10-5-11(17-13)12(18)19/h5,10H,4,6-9H2,1-3H3,(H,18,19). The molecule has 1 heterocycles. The maximum Gasteiger partial charge on any atom is 0.354 e. The van der Waals surface area contributed by atoms with Crippen molar-refractivity contribution in [2.24, 2.45) is 5.41 Å². The van der Waals surface area contributed by atoms with Crippen LogP contribution in [0.1, 0.15) is 62.8 Å². The Balaban J connectivity index is 2.33. The number of aromatic nitrogens is 2. The first-order chi connectivity index (χ1) is 9.38. The lowest BCUT2D eigenvalue weighted by Crippen LogP contribution is -2.39. The Labute approximate surface area is 119 Å². The minimum Gasteiger partial charge on any atom is -0.477 e. The summed E-state index contributed by atoms with van der Waals surface area (Å²) in [6.07, 6.45) is 5.21. The van der Waals surface area contributed by atoms with E-state index in [1.165, 1.54) is 12.3 Å². The third-order valence-corrected chi connectivity index (χ3v) is 4.11. The predicted molar refractivity (Wildman–Crippen MR) is 74.5 cm³/mol. The largest absolute Gasteiger partial charge is 0.477 e. The van der Waals surface area contributed by atoms with Crippen molar-refractivity contribution >= 4 is 5.97 Å². The highest BCUT2D eigenvalue weighted by atomic mass is 16.5. The van der Waals surface area contributed by atoms with Crippen LogP contribution in [0.3, 0.4) is 0 Å². The minimum atomic E-state index is -1.03. The van der Waals surface area contributed by atoms with Gasteiger partial charge in [-0.2, -0.15) is 0 Å². The van der Waals surface area contributed by atoms with Crippen molar-refractivity contribution in [2.75, 3.05) is 6.61 Å². The Morgan fingerprint density at radius 2 is 2.00 bits per heavy atom. The van der Waals surface area contributed by atoms with Crippen LogP contribution in [0.4, 0.5) is 0 Å². The second-order valence-electron chi connectivity index (χ2n) is 6.16. The van der Waals surface area contributed by atoms with Crippen LogP contribution in [-0.4, -0.2) is 27.7 Å². The van der Waals surface area contributed by atoms with E-state index in [4.69, 9.17) is 9.84 Å². The van der Waals surface area contributed by atoms with E-state index in [1.54, 1.807) is 0 Å². The van der Waals surface area contributed by atoms with Crippen molar-refractivity contribution in [2.45, 2.75) is 52.1 Å². The smallest absolute Gasteiger partial charge is 0.354 e. The quantitative estimate of drug-likeness (QED) is 0.916. The summed E-state index contributed by atoms with van der Waals surface area (Å²) in [5.41, 5.74) is -0.209. The summed E-state index contributed by atoms with van der Waals surface area (Å²) in [5, 5.41) is 9.07. The van der Waals surface area contributed by atoms with Crippen LogP contribution < -0.4 is 0 Å². The van der Waals surface area contributed by atoms with Crippen molar-refractivity contribution in [3.05, 3.63) is 23.8 Å². The van der Waals surface area contributed by atoms with Gasteiger partial charge in [-0.25, -0.2) is 14.8 Å². The van der Waals surface area contributed by atoms with Crippen LogP contribution in [0.15, 0.2) is 12.3 Å². The molecule has 1 saturated carbocycles. The number of carboxylic acid groups (broad SMARTS) is 1. The van der Waals surface area contributed by atoms with Crippen molar-refractivity contribution in [3.63, 3.8) is 0 Å². The molecule has 0 spiro atoms. The van der Waals surface area contributed by atoms with Crippen molar-refractivity contribution < 1.29 is 14.6 Å². The highest BCUT2D eigenvalue weighted by Gasteiger charge is 2.42. The van der Waals surface area contributed by atoms with Crippen LogP contribution >= 0.6 is 0 Å². The van der Waals surface area contributed by atoms with Gasteiger partial charge in [0.1, 0.15) is 5.60 Å². The molecule has 1 aliphatic rings. The molecule has 0 aliphatic heterocycles. The molecule has 1 N–H and O–H groups in total. The van der Waals surface area contributed by atoms with Crippen molar-refractivity contribution in [3.8, 4) is 0 Å². The van der Waals surface area contributed by atoms with E-state index in [9.17, 15) is 4.79 Å². The van der Waals surface area contributed by atoms with Gasteiger partial charge in [0.15, 0.2) is 11.5 Å². The molecule has 0 radical (unpaired) electrons. The molecule has 0 atom stereocenters. The third-order valence-electron chi connectivity index (χ3n) is 4.11. The van der Waals surface area contributed by atoms with Crippen LogP contribution in [0, 0.1) is 5.41 Å². The molecule has 5 heteroatoms. The lowest BCUT2D eigenvalue weighted by Gasteiger charge is -2.42. The maximum atomic E-state index is 11.1. The summed E-state index contributed by atoms with van der Waals surface area (Å²) in [7, 11) is 0. The zero-order chi connectivity index (χ0) is 14.8. The van der Waals surface area contributed by atoms with Crippen molar-refractivity contribution in [1.29, 1.82) is 0 Å². The van der Waals surface area contributed by atoms with E-state index in [0.717, 1.165) is 25.7 Å². The Hall–Kier alpha value is -1.49. The molecular formula is C15H22N2O3. The zero-order valence-electron chi connectivity index (χ0n) is 12.3. The van der Waals surface area contributed by atoms with Gasteiger partial charge in [0.2, 0.25) is 0 Å². The summed E-state index contributed by atoms with van der Waals surface area (Å²) in [4.78, 5) is 19.6. The second-order valence-corrected chi connectivity index (χ2v) is 6.16. The van der Waals surface area contributed by atoms with Gasteiger partial charge in [0.05, 0.1) is 0 Å². The van der Waals surface area contributed by atoms with E-state index in [2.05, 4.69) is 23.8 Å². The van der Waals surface area contributed by atoms with Crippen LogP contribution in [-0.2, 0) is 10.3 Å². The van der Waals surface area contributed by atoms with Crippen molar-refractivity contribution in [1.82, 2.24) is 9.97 Å². The molecule has 0 unspecified atom stereocenters. The molecule has 0 saturated heterocycles.